The van der Waals surface area contributed by atoms with E-state index in [2.05, 4.69) is 31.9 Å². The number of nitriles is 1. The van der Waals surface area contributed by atoms with E-state index in [9.17, 15) is 10.1 Å². The van der Waals surface area contributed by atoms with Gasteiger partial charge in [-0.1, -0.05) is 42.5 Å². The van der Waals surface area contributed by atoms with Crippen molar-refractivity contribution >= 4 is 34.1 Å². The molecular formula is C27H24N8O. The molecule has 5 aromatic rings. The van der Waals surface area contributed by atoms with Gasteiger partial charge in [-0.3, -0.25) is 4.79 Å². The molecule has 0 unspecified atom stereocenters. The predicted octanol–water partition coefficient (Wildman–Crippen LogP) is 4.36. The Kier molecular flexibility index (Phi) is 5.26. The van der Waals surface area contributed by atoms with Crippen LogP contribution < -0.4 is 5.32 Å². The molecule has 1 saturated heterocycles. The molecule has 0 bridgehead atoms. The van der Waals surface area contributed by atoms with E-state index in [1.54, 1.807) is 16.6 Å². The zero-order chi connectivity index (χ0) is 24.5. The Morgan fingerprint density at radius 3 is 2.44 bits per heavy atom. The van der Waals surface area contributed by atoms with Crippen LogP contribution in [0.2, 0.25) is 0 Å². The summed E-state index contributed by atoms with van der Waals surface area (Å²) in [5, 5.41) is 25.2. The minimum absolute atomic E-state index is 0. The highest BCUT2D eigenvalue weighted by Crippen LogP contribution is 2.35. The second kappa shape index (κ2) is 8.74. The topological polar surface area (TPSA) is 112 Å². The van der Waals surface area contributed by atoms with Crippen LogP contribution in [0.3, 0.4) is 0 Å². The minimum Gasteiger partial charge on any atom is -0.339 e. The van der Waals surface area contributed by atoms with E-state index < -0.39 is 5.41 Å². The summed E-state index contributed by atoms with van der Waals surface area (Å²) in [5.74, 6) is 0.497. The molecule has 0 radical (unpaired) electrons. The fourth-order valence-corrected chi connectivity index (χ4v) is 4.82. The second-order valence-electron chi connectivity index (χ2n) is 8.92. The molecule has 3 aromatic carbocycles. The molecule has 2 aromatic heterocycles. The Hall–Kier alpha value is -4.84. The van der Waals surface area contributed by atoms with Crippen LogP contribution in [0.4, 0.5) is 11.5 Å². The summed E-state index contributed by atoms with van der Waals surface area (Å²) < 4.78 is 1.65. The van der Waals surface area contributed by atoms with Gasteiger partial charge in [0, 0.05) is 25.8 Å². The Labute approximate surface area is 208 Å². The number of benzene rings is 3. The number of para-hydroxylation sites is 2. The first-order chi connectivity index (χ1) is 17.7. The quantitative estimate of drug-likeness (QED) is 0.410. The van der Waals surface area contributed by atoms with Crippen molar-refractivity contribution in [2.45, 2.75) is 18.3 Å². The van der Waals surface area contributed by atoms with Crippen LogP contribution >= 0.6 is 0 Å². The van der Waals surface area contributed by atoms with Crippen molar-refractivity contribution in [1.29, 1.82) is 5.26 Å². The number of hydrogen-bond acceptors (Lipinski definition) is 7. The third kappa shape index (κ3) is 3.69. The van der Waals surface area contributed by atoms with E-state index in [0.717, 1.165) is 22.3 Å². The van der Waals surface area contributed by atoms with Crippen molar-refractivity contribution in [3.8, 4) is 6.07 Å². The van der Waals surface area contributed by atoms with Gasteiger partial charge in [-0.15, -0.1) is 5.10 Å². The SMILES string of the molecule is N#CC1(c2ccccc2)CCN(C(=O)c2ccc(Nc3nc4ccccc4n4nnnc34)cc2)CC1.[HH]. The summed E-state index contributed by atoms with van der Waals surface area (Å²) in [6, 6.07) is 27.3. The number of piperidine rings is 1. The van der Waals surface area contributed by atoms with Gasteiger partial charge >= 0.3 is 0 Å². The van der Waals surface area contributed by atoms with Gasteiger partial charge < -0.3 is 10.2 Å². The molecule has 0 atom stereocenters. The molecule has 6 rings (SSSR count). The number of rotatable bonds is 4. The van der Waals surface area contributed by atoms with Crippen LogP contribution in [0, 0.1) is 11.3 Å². The lowest BCUT2D eigenvalue weighted by atomic mass is 9.74. The average molecular weight is 477 g/mol. The van der Waals surface area contributed by atoms with Gasteiger partial charge in [0.15, 0.2) is 5.82 Å². The number of fused-ring (bicyclic) bond motifs is 3. The number of hydrogen-bond donors (Lipinski definition) is 1. The lowest BCUT2D eigenvalue weighted by molar-refractivity contribution is 0.0692. The summed E-state index contributed by atoms with van der Waals surface area (Å²) in [6.07, 6.45) is 1.24. The van der Waals surface area contributed by atoms with Crippen molar-refractivity contribution < 1.29 is 6.22 Å². The Bertz CT molecular complexity index is 1600. The van der Waals surface area contributed by atoms with Crippen molar-refractivity contribution in [1.82, 2.24) is 29.9 Å². The van der Waals surface area contributed by atoms with Crippen molar-refractivity contribution in [3.63, 3.8) is 0 Å². The first-order valence-electron chi connectivity index (χ1n) is 11.8. The maximum absolute atomic E-state index is 13.2. The van der Waals surface area contributed by atoms with Crippen LogP contribution in [0.25, 0.3) is 16.7 Å². The standard InChI is InChI=1S/C27H22N8O.H2/c28-18-27(20-6-2-1-3-7-20)14-16-34(17-15-27)26(36)19-10-12-21(13-11-19)29-24-25-31-32-33-35(25)23-9-5-4-8-22(23)30-24;/h1-13H,14-17H2,(H,29,30);1H. The van der Waals surface area contributed by atoms with Gasteiger partial charge in [-0.2, -0.15) is 9.78 Å². The molecule has 1 amide bonds. The number of carbonyl (C=O) groups excluding carboxylic acids is 1. The lowest BCUT2D eigenvalue weighted by Gasteiger charge is -2.37. The summed E-state index contributed by atoms with van der Waals surface area (Å²) in [4.78, 5) is 19.7. The Morgan fingerprint density at radius 2 is 1.69 bits per heavy atom. The first-order valence-corrected chi connectivity index (χ1v) is 11.8. The zero-order valence-electron chi connectivity index (χ0n) is 19.4. The normalized spacial score (nSPS) is 15.0. The minimum atomic E-state index is -0.541. The fourth-order valence-electron chi connectivity index (χ4n) is 4.82. The zero-order valence-corrected chi connectivity index (χ0v) is 19.4. The highest BCUT2D eigenvalue weighted by Gasteiger charge is 2.37. The van der Waals surface area contributed by atoms with E-state index in [4.69, 9.17) is 0 Å². The summed E-state index contributed by atoms with van der Waals surface area (Å²) in [7, 11) is 0. The number of nitrogens with one attached hydrogen (secondary N) is 1. The third-order valence-electron chi connectivity index (χ3n) is 6.86. The van der Waals surface area contributed by atoms with Crippen molar-refractivity contribution in [2.24, 2.45) is 0 Å². The molecule has 3 heterocycles. The van der Waals surface area contributed by atoms with Crippen LogP contribution in [0.15, 0.2) is 78.9 Å². The highest BCUT2D eigenvalue weighted by molar-refractivity contribution is 5.95. The predicted molar refractivity (Wildman–Crippen MR) is 137 cm³/mol. The molecule has 9 heteroatoms. The van der Waals surface area contributed by atoms with E-state index in [1.165, 1.54) is 0 Å². The first kappa shape index (κ1) is 21.7. The van der Waals surface area contributed by atoms with Crippen LogP contribution in [0.5, 0.6) is 0 Å². The maximum Gasteiger partial charge on any atom is 0.253 e. The molecule has 0 saturated carbocycles. The van der Waals surface area contributed by atoms with E-state index in [1.807, 2.05) is 71.6 Å². The summed E-state index contributed by atoms with van der Waals surface area (Å²) >= 11 is 0. The number of anilines is 2. The molecule has 0 aliphatic carbocycles. The number of nitrogens with zero attached hydrogens (tertiary/aromatic N) is 7. The highest BCUT2D eigenvalue weighted by atomic mass is 16.2. The van der Waals surface area contributed by atoms with Crippen LogP contribution in [-0.2, 0) is 5.41 Å². The van der Waals surface area contributed by atoms with E-state index in [-0.39, 0.29) is 7.33 Å². The monoisotopic (exact) mass is 476 g/mol. The van der Waals surface area contributed by atoms with Crippen LogP contribution in [0.1, 0.15) is 30.2 Å². The smallest absolute Gasteiger partial charge is 0.253 e. The van der Waals surface area contributed by atoms with E-state index >= 15 is 0 Å². The average Bonchev–Trinajstić information content (AvgIpc) is 3.45. The third-order valence-corrected chi connectivity index (χ3v) is 6.86. The van der Waals surface area contributed by atoms with Gasteiger partial charge in [-0.05, 0) is 65.2 Å². The molecule has 1 aliphatic heterocycles. The maximum atomic E-state index is 13.2. The number of carbonyl (C=O) groups is 1. The molecule has 9 nitrogen and oxygen atoms in total. The molecule has 36 heavy (non-hydrogen) atoms. The molecule has 1 N–H and O–H groups in total. The van der Waals surface area contributed by atoms with Gasteiger partial charge in [0.25, 0.3) is 5.91 Å². The number of aromatic nitrogens is 5. The summed E-state index contributed by atoms with van der Waals surface area (Å²) in [6.45, 7) is 1.08. The number of tetrazole rings is 1. The van der Waals surface area contributed by atoms with Gasteiger partial charge in [-0.25, -0.2) is 4.98 Å². The van der Waals surface area contributed by atoms with Crippen LogP contribution in [-0.4, -0.2) is 48.9 Å². The summed E-state index contributed by atoms with van der Waals surface area (Å²) in [5.41, 5.74) is 3.95. The largest absolute Gasteiger partial charge is 0.339 e. The van der Waals surface area contributed by atoms with Gasteiger partial charge in [0.05, 0.1) is 22.5 Å². The number of amides is 1. The Balaban J connectivity index is 0.00000280. The molecule has 178 valence electrons. The lowest BCUT2D eigenvalue weighted by Crippen LogP contribution is -2.44. The van der Waals surface area contributed by atoms with Gasteiger partial charge in [0.2, 0.25) is 5.65 Å². The Morgan fingerprint density at radius 1 is 0.972 bits per heavy atom. The fraction of sp³-hybridized carbons (Fsp3) is 0.185. The molecular weight excluding hydrogens is 452 g/mol. The van der Waals surface area contributed by atoms with Gasteiger partial charge in [0.1, 0.15) is 0 Å². The molecule has 0 spiro atoms. The number of likely N-dealkylation sites (tertiary alicyclic amines) is 1. The molecule has 1 aliphatic rings. The second-order valence-corrected chi connectivity index (χ2v) is 8.92. The van der Waals surface area contributed by atoms with Crippen molar-refractivity contribution in [2.75, 3.05) is 18.4 Å². The van der Waals surface area contributed by atoms with Crippen molar-refractivity contribution in [3.05, 3.63) is 90.0 Å². The van der Waals surface area contributed by atoms with E-state index in [0.29, 0.717) is 43.0 Å². The molecule has 1 fully saturated rings.